The summed E-state index contributed by atoms with van der Waals surface area (Å²) in [5.74, 6) is -0.283. The molecule has 0 saturated carbocycles. The summed E-state index contributed by atoms with van der Waals surface area (Å²) in [6.45, 7) is 1.46. The molecule has 2 aromatic rings. The lowest BCUT2D eigenvalue weighted by Crippen LogP contribution is -2.21. The summed E-state index contributed by atoms with van der Waals surface area (Å²) in [7, 11) is 1.98. The first kappa shape index (κ1) is 15.9. The summed E-state index contributed by atoms with van der Waals surface area (Å²) in [6, 6.07) is 13.8. The second-order valence-electron chi connectivity index (χ2n) is 5.05. The molecular weight excluding hydrogens is 333 g/mol. The van der Waals surface area contributed by atoms with Crippen molar-refractivity contribution in [3.8, 4) is 0 Å². The van der Waals surface area contributed by atoms with E-state index in [4.69, 9.17) is 0 Å². The Kier molecular flexibility index (Phi) is 5.65. The third-order valence-electron chi connectivity index (χ3n) is 3.23. The van der Waals surface area contributed by atoms with Gasteiger partial charge in [-0.1, -0.05) is 28.1 Å². The zero-order chi connectivity index (χ0) is 15.2. The molecule has 0 aromatic heterocycles. The molecule has 0 aliphatic carbocycles. The fourth-order valence-electron chi connectivity index (χ4n) is 2.10. The molecule has 0 saturated heterocycles. The molecular formula is C17H17BrFNO. The summed E-state index contributed by atoms with van der Waals surface area (Å²) in [4.78, 5) is 14.1. The van der Waals surface area contributed by atoms with Gasteiger partial charge < -0.3 is 4.90 Å². The van der Waals surface area contributed by atoms with Crippen LogP contribution >= 0.6 is 15.9 Å². The highest BCUT2D eigenvalue weighted by atomic mass is 79.9. The molecule has 2 aromatic carbocycles. The lowest BCUT2D eigenvalue weighted by molar-refractivity contribution is 0.0968. The molecule has 0 fully saturated rings. The Morgan fingerprint density at radius 2 is 1.90 bits per heavy atom. The third kappa shape index (κ3) is 5.06. The Morgan fingerprint density at radius 3 is 2.57 bits per heavy atom. The van der Waals surface area contributed by atoms with Gasteiger partial charge in [-0.15, -0.1) is 0 Å². The number of halogens is 2. The van der Waals surface area contributed by atoms with Gasteiger partial charge in [0.05, 0.1) is 0 Å². The van der Waals surface area contributed by atoms with Crippen molar-refractivity contribution in [3.05, 3.63) is 69.9 Å². The van der Waals surface area contributed by atoms with Crippen LogP contribution in [0.15, 0.2) is 53.0 Å². The van der Waals surface area contributed by atoms with Crippen LogP contribution < -0.4 is 0 Å². The van der Waals surface area contributed by atoms with Crippen molar-refractivity contribution < 1.29 is 9.18 Å². The molecule has 0 atom stereocenters. The first-order valence-corrected chi connectivity index (χ1v) is 7.55. The standard InChI is InChI=1S/C17H17BrFNO/c1-20(12-13-3-2-4-15(18)11-13)10-9-17(21)14-5-7-16(19)8-6-14/h2-8,11H,9-10,12H2,1H3. The number of Topliss-reactive ketones (excluding diaryl/α,β-unsaturated/α-hetero) is 1. The summed E-state index contributed by atoms with van der Waals surface area (Å²) in [6.07, 6.45) is 0.427. The van der Waals surface area contributed by atoms with Gasteiger partial charge in [-0.05, 0) is 49.0 Å². The van der Waals surface area contributed by atoms with Crippen LogP contribution in [-0.4, -0.2) is 24.3 Å². The average molecular weight is 350 g/mol. The van der Waals surface area contributed by atoms with Gasteiger partial charge >= 0.3 is 0 Å². The van der Waals surface area contributed by atoms with Crippen LogP contribution in [-0.2, 0) is 6.54 Å². The molecule has 0 amide bonds. The maximum absolute atomic E-state index is 12.8. The quantitative estimate of drug-likeness (QED) is 0.725. The second kappa shape index (κ2) is 7.48. The molecule has 0 heterocycles. The van der Waals surface area contributed by atoms with Crippen molar-refractivity contribution in [3.63, 3.8) is 0 Å². The summed E-state index contributed by atoms with van der Waals surface area (Å²) >= 11 is 3.45. The van der Waals surface area contributed by atoms with Gasteiger partial charge in [-0.25, -0.2) is 4.39 Å². The topological polar surface area (TPSA) is 20.3 Å². The Labute approximate surface area is 132 Å². The number of nitrogens with zero attached hydrogens (tertiary/aromatic N) is 1. The van der Waals surface area contributed by atoms with Crippen molar-refractivity contribution >= 4 is 21.7 Å². The van der Waals surface area contributed by atoms with Gasteiger partial charge in [0.2, 0.25) is 0 Å². The van der Waals surface area contributed by atoms with E-state index in [-0.39, 0.29) is 11.6 Å². The third-order valence-corrected chi connectivity index (χ3v) is 3.72. The Morgan fingerprint density at radius 1 is 1.19 bits per heavy atom. The number of carbonyl (C=O) groups is 1. The second-order valence-corrected chi connectivity index (χ2v) is 5.96. The summed E-state index contributed by atoms with van der Waals surface area (Å²) in [5.41, 5.74) is 1.76. The minimum atomic E-state index is -0.321. The van der Waals surface area contributed by atoms with Crippen LogP contribution in [0.25, 0.3) is 0 Å². The lowest BCUT2D eigenvalue weighted by atomic mass is 10.1. The SMILES string of the molecule is CN(CCC(=O)c1ccc(F)cc1)Cc1cccc(Br)c1. The van der Waals surface area contributed by atoms with Gasteiger partial charge in [0.1, 0.15) is 5.82 Å². The molecule has 110 valence electrons. The molecule has 2 nitrogen and oxygen atoms in total. The van der Waals surface area contributed by atoms with Crippen LogP contribution in [0.1, 0.15) is 22.3 Å². The van der Waals surface area contributed by atoms with Crippen molar-refractivity contribution in [2.24, 2.45) is 0 Å². The number of rotatable bonds is 6. The predicted octanol–water partition coefficient (Wildman–Crippen LogP) is 4.29. The monoisotopic (exact) mass is 349 g/mol. The van der Waals surface area contributed by atoms with E-state index in [1.165, 1.54) is 29.8 Å². The van der Waals surface area contributed by atoms with E-state index >= 15 is 0 Å². The van der Waals surface area contributed by atoms with Gasteiger partial charge in [0.15, 0.2) is 5.78 Å². The molecule has 0 unspecified atom stereocenters. The van der Waals surface area contributed by atoms with E-state index in [2.05, 4.69) is 33.0 Å². The zero-order valence-electron chi connectivity index (χ0n) is 11.9. The molecule has 0 N–H and O–H groups in total. The number of hydrogen-bond acceptors (Lipinski definition) is 2. The van der Waals surface area contributed by atoms with E-state index in [1.54, 1.807) is 0 Å². The fraction of sp³-hybridized carbons (Fsp3) is 0.235. The van der Waals surface area contributed by atoms with Crippen LogP contribution in [0.4, 0.5) is 4.39 Å². The number of benzene rings is 2. The van der Waals surface area contributed by atoms with E-state index in [1.807, 2.05) is 19.2 Å². The van der Waals surface area contributed by atoms with Gasteiger partial charge in [-0.2, -0.15) is 0 Å². The Bertz CT molecular complexity index is 612. The van der Waals surface area contributed by atoms with Crippen molar-refractivity contribution in [1.29, 1.82) is 0 Å². The Balaban J connectivity index is 1.84. The van der Waals surface area contributed by atoms with E-state index in [9.17, 15) is 9.18 Å². The molecule has 0 spiro atoms. The minimum absolute atomic E-state index is 0.0380. The maximum atomic E-state index is 12.8. The minimum Gasteiger partial charge on any atom is -0.302 e. The van der Waals surface area contributed by atoms with Crippen molar-refractivity contribution in [2.45, 2.75) is 13.0 Å². The fourth-order valence-corrected chi connectivity index (χ4v) is 2.55. The molecule has 21 heavy (non-hydrogen) atoms. The average Bonchev–Trinajstić information content (AvgIpc) is 2.45. The van der Waals surface area contributed by atoms with Gasteiger partial charge in [0.25, 0.3) is 0 Å². The first-order valence-electron chi connectivity index (χ1n) is 6.76. The number of carbonyl (C=O) groups excluding carboxylic acids is 1. The zero-order valence-corrected chi connectivity index (χ0v) is 13.4. The normalized spacial score (nSPS) is 10.9. The van der Waals surface area contributed by atoms with Crippen LogP contribution in [0, 0.1) is 5.82 Å². The molecule has 2 rings (SSSR count). The summed E-state index contributed by atoms with van der Waals surface area (Å²) in [5, 5.41) is 0. The smallest absolute Gasteiger partial charge is 0.164 e. The maximum Gasteiger partial charge on any atom is 0.164 e. The highest BCUT2D eigenvalue weighted by molar-refractivity contribution is 9.10. The predicted molar refractivity (Wildman–Crippen MR) is 85.8 cm³/mol. The highest BCUT2D eigenvalue weighted by Crippen LogP contribution is 2.13. The molecule has 0 aliphatic heterocycles. The van der Waals surface area contributed by atoms with Crippen molar-refractivity contribution in [2.75, 3.05) is 13.6 Å². The van der Waals surface area contributed by atoms with E-state index in [0.29, 0.717) is 18.5 Å². The molecule has 0 aliphatic rings. The number of ketones is 1. The van der Waals surface area contributed by atoms with Crippen LogP contribution in [0.3, 0.4) is 0 Å². The van der Waals surface area contributed by atoms with Crippen molar-refractivity contribution in [1.82, 2.24) is 4.90 Å². The lowest BCUT2D eigenvalue weighted by Gasteiger charge is -2.16. The molecule has 0 bridgehead atoms. The van der Waals surface area contributed by atoms with Gasteiger partial charge in [0, 0.05) is 29.5 Å². The van der Waals surface area contributed by atoms with E-state index < -0.39 is 0 Å². The molecule has 0 radical (unpaired) electrons. The number of hydrogen-bond donors (Lipinski definition) is 0. The highest BCUT2D eigenvalue weighted by Gasteiger charge is 2.08. The largest absolute Gasteiger partial charge is 0.302 e. The van der Waals surface area contributed by atoms with Gasteiger partial charge in [-0.3, -0.25) is 4.79 Å². The summed E-state index contributed by atoms with van der Waals surface area (Å²) < 4.78 is 13.9. The van der Waals surface area contributed by atoms with Crippen LogP contribution in [0.5, 0.6) is 0 Å². The Hall–Kier alpha value is -1.52. The van der Waals surface area contributed by atoms with E-state index in [0.717, 1.165) is 11.0 Å². The molecule has 4 heteroatoms. The van der Waals surface area contributed by atoms with Crippen LogP contribution in [0.2, 0.25) is 0 Å². The first-order chi connectivity index (χ1) is 10.0.